The summed E-state index contributed by atoms with van der Waals surface area (Å²) in [6.45, 7) is 9.84. The molecule has 1 aromatic carbocycles. The average Bonchev–Trinajstić information content (AvgIpc) is 3.54. The van der Waals surface area contributed by atoms with Crippen LogP contribution in [0, 0.1) is 25.7 Å². The van der Waals surface area contributed by atoms with Crippen molar-refractivity contribution in [3.8, 4) is 37.0 Å². The number of hydrogen-bond donors (Lipinski definition) is 5. The van der Waals surface area contributed by atoms with E-state index in [2.05, 4.69) is 60.1 Å². The number of rotatable bonds is 8. The largest absolute Gasteiger partial charge is 0.512 e. The minimum absolute atomic E-state index is 0.0403. The van der Waals surface area contributed by atoms with Crippen LogP contribution in [0.1, 0.15) is 52.9 Å². The van der Waals surface area contributed by atoms with E-state index < -0.39 is 0 Å². The molecular weight excluding hydrogens is 538 g/mol. The lowest BCUT2D eigenvalue weighted by atomic mass is 9.98. The van der Waals surface area contributed by atoms with E-state index in [1.165, 1.54) is 11.6 Å². The summed E-state index contributed by atoms with van der Waals surface area (Å²) in [4.78, 5) is 14.0. The number of aromatic nitrogens is 1. The van der Waals surface area contributed by atoms with Gasteiger partial charge in [0.15, 0.2) is 5.13 Å². The Hall–Kier alpha value is -3.44. The molecule has 0 saturated carbocycles. The lowest BCUT2D eigenvalue weighted by Crippen LogP contribution is -2.39. The zero-order valence-electron chi connectivity index (χ0n) is 25.3. The van der Waals surface area contributed by atoms with Crippen LogP contribution in [0.25, 0.3) is 11.3 Å². The Morgan fingerprint density at radius 3 is 2.15 bits per heavy atom. The second-order valence-corrected chi connectivity index (χ2v) is 8.27. The lowest BCUT2D eigenvalue weighted by Gasteiger charge is -2.32. The van der Waals surface area contributed by atoms with Gasteiger partial charge in [0.2, 0.25) is 0 Å². The highest BCUT2D eigenvalue weighted by Crippen LogP contribution is 2.24. The van der Waals surface area contributed by atoms with Crippen molar-refractivity contribution in [3.05, 3.63) is 60.2 Å². The summed E-state index contributed by atoms with van der Waals surface area (Å²) in [5, 5.41) is 31.0. The highest BCUT2D eigenvalue weighted by atomic mass is 32.1. The van der Waals surface area contributed by atoms with Gasteiger partial charge in [-0.2, -0.15) is 0 Å². The van der Waals surface area contributed by atoms with Crippen LogP contribution in [0.2, 0.25) is 0 Å². The topological polar surface area (TPSA) is 138 Å². The predicted octanol–water partition coefficient (Wildman–Crippen LogP) is 5.84. The fraction of sp³-hybridized carbons (Fsp3) is 0.438. The van der Waals surface area contributed by atoms with Crippen molar-refractivity contribution >= 4 is 22.8 Å². The molecule has 3 atom stereocenters. The number of aliphatic hydroxyl groups excluding tert-OH is 3. The van der Waals surface area contributed by atoms with Crippen LogP contribution >= 0.6 is 11.3 Å². The van der Waals surface area contributed by atoms with Crippen LogP contribution in [-0.2, 0) is 9.53 Å². The van der Waals surface area contributed by atoms with Crippen molar-refractivity contribution in [1.82, 2.24) is 4.98 Å². The van der Waals surface area contributed by atoms with Crippen molar-refractivity contribution in [2.75, 3.05) is 26.0 Å². The number of nitrogens with zero attached hydrogens (tertiary/aromatic N) is 1. The van der Waals surface area contributed by atoms with E-state index in [1.807, 2.05) is 45.2 Å². The van der Waals surface area contributed by atoms with Crippen molar-refractivity contribution in [2.45, 2.75) is 71.2 Å². The minimum atomic E-state index is -0.239. The second kappa shape index (κ2) is 34.6. The third-order valence-electron chi connectivity index (χ3n) is 4.82. The molecule has 2 aromatic rings. The minimum Gasteiger partial charge on any atom is -0.512 e. The number of allylic oxidation sites excluding steroid dienone is 3. The number of benzene rings is 1. The zero-order chi connectivity index (χ0) is 32.5. The molecule has 8 nitrogen and oxygen atoms in total. The summed E-state index contributed by atoms with van der Waals surface area (Å²) in [5.41, 5.74) is 7.70. The molecule has 0 bridgehead atoms. The number of carbonyl (C=O) groups excluding carboxylic acids is 1. The Bertz CT molecular complexity index is 908. The smallest absolute Gasteiger partial charge is 0.182 e. The lowest BCUT2D eigenvalue weighted by molar-refractivity contribution is -0.107. The zero-order valence-corrected chi connectivity index (χ0v) is 26.1. The molecule has 230 valence electrons. The normalized spacial score (nSPS) is 16.4. The number of ether oxygens (including phenoxy) is 1. The molecule has 41 heavy (non-hydrogen) atoms. The van der Waals surface area contributed by atoms with Gasteiger partial charge in [-0.05, 0) is 32.3 Å². The molecule has 6 N–H and O–H groups in total. The quantitative estimate of drug-likeness (QED) is 0.112. The molecule has 0 unspecified atom stereocenters. The van der Waals surface area contributed by atoms with Crippen LogP contribution in [0.5, 0.6) is 0 Å². The number of thiazole rings is 1. The first-order valence-electron chi connectivity index (χ1n) is 13.2. The highest BCUT2D eigenvalue weighted by Gasteiger charge is 2.26. The molecule has 9 heteroatoms. The average molecular weight is 590 g/mol. The first-order valence-corrected chi connectivity index (χ1v) is 14.1. The Kier molecular flexibility index (Phi) is 37.6. The van der Waals surface area contributed by atoms with Crippen molar-refractivity contribution in [3.63, 3.8) is 0 Å². The van der Waals surface area contributed by atoms with Gasteiger partial charge >= 0.3 is 0 Å². The Morgan fingerprint density at radius 1 is 1.17 bits per heavy atom. The summed E-state index contributed by atoms with van der Waals surface area (Å²) in [6.07, 6.45) is 23.4. The van der Waals surface area contributed by atoms with Crippen molar-refractivity contribution in [1.29, 1.82) is 0 Å². The highest BCUT2D eigenvalue weighted by molar-refractivity contribution is 7.14. The molecule has 1 fully saturated rings. The molecule has 0 radical (unpaired) electrons. The molecule has 2 heterocycles. The number of carbonyl (C=O) groups is 1. The van der Waals surface area contributed by atoms with E-state index in [-0.39, 0.29) is 30.5 Å². The molecule has 3 rings (SSSR count). The maximum Gasteiger partial charge on any atom is 0.182 e. The summed E-state index contributed by atoms with van der Waals surface area (Å²) in [5.74, 6) is 0.134. The number of aldehydes is 1. The first-order chi connectivity index (χ1) is 20.0. The van der Waals surface area contributed by atoms with Gasteiger partial charge in [-0.15, -0.1) is 43.6 Å². The number of nitrogens with two attached hydrogens (primary N) is 1. The van der Waals surface area contributed by atoms with Crippen molar-refractivity contribution in [2.24, 2.45) is 5.73 Å². The van der Waals surface area contributed by atoms with Crippen molar-refractivity contribution < 1.29 is 24.9 Å². The second-order valence-electron chi connectivity index (χ2n) is 7.41. The maximum atomic E-state index is 9.57. The van der Waals surface area contributed by atoms with Crippen LogP contribution in [0.15, 0.2) is 60.2 Å². The maximum absolute atomic E-state index is 9.57. The predicted molar refractivity (Wildman–Crippen MR) is 176 cm³/mol. The molecule has 0 spiro atoms. The van der Waals surface area contributed by atoms with Gasteiger partial charge in [0.25, 0.3) is 0 Å². The Labute approximate surface area is 252 Å². The Balaban J connectivity index is -0.000000230. The molecular formula is C32H51N3O5S. The van der Waals surface area contributed by atoms with Crippen LogP contribution < -0.4 is 11.1 Å². The number of aliphatic hydroxyl groups is 3. The van der Waals surface area contributed by atoms with Gasteiger partial charge in [0.05, 0.1) is 36.2 Å². The van der Waals surface area contributed by atoms with E-state index in [4.69, 9.17) is 20.7 Å². The SMILES string of the molecule is C#C.C#C.C/C=C(/O)CC=O.C=CCC[C@H]1C[C@@H](O)C[C@@H](CN)O1.CC.CNc1nc(-c2ccccc2)cs1.CO. The Morgan fingerprint density at radius 2 is 1.73 bits per heavy atom. The summed E-state index contributed by atoms with van der Waals surface area (Å²) >= 11 is 1.62. The van der Waals surface area contributed by atoms with Gasteiger partial charge in [-0.1, -0.05) is 50.3 Å². The first kappa shape index (κ1) is 44.6. The fourth-order valence-electron chi connectivity index (χ4n) is 3.06. The molecule has 1 aliphatic heterocycles. The van der Waals surface area contributed by atoms with Crippen LogP contribution in [-0.4, -0.2) is 65.6 Å². The molecule has 0 aliphatic carbocycles. The van der Waals surface area contributed by atoms with Gasteiger partial charge in [0.1, 0.15) is 6.29 Å². The van der Waals surface area contributed by atoms with Gasteiger partial charge in [-0.25, -0.2) is 4.98 Å². The van der Waals surface area contributed by atoms with Crippen LogP contribution in [0.3, 0.4) is 0 Å². The third kappa shape index (κ3) is 24.1. The molecule has 1 aromatic heterocycles. The standard InChI is InChI=1S/C10H10N2S.C10H19NO2.C5H8O2.C2H6.2C2H2.CH4O/c1-11-10-12-9(7-13-10)8-5-3-2-4-6-8;1-2-3-4-9-5-8(12)6-10(7-11)13-9;1-2-5(7)3-4-6;4*1-2/h2-7H,1H3,(H,11,12);2,8-10,12H,1,3-7,11H2;2,4,7H,3H2,1H3;1-2H3;2*1-2H;2H,1H3/b;;5-2+;;;;/t;8-,9+,10+;;;;;/m.1...../s1. The molecule has 1 aliphatic rings. The van der Waals surface area contributed by atoms with Gasteiger partial charge in [-0.3, -0.25) is 0 Å². The summed E-state index contributed by atoms with van der Waals surface area (Å²) < 4.78 is 5.68. The number of terminal acetylenes is 2. The van der Waals surface area contributed by atoms with E-state index in [1.54, 1.807) is 18.3 Å². The summed E-state index contributed by atoms with van der Waals surface area (Å²) in [7, 11) is 2.88. The van der Waals surface area contributed by atoms with E-state index in [0.29, 0.717) is 19.3 Å². The van der Waals surface area contributed by atoms with E-state index in [9.17, 15) is 9.90 Å². The number of anilines is 1. The van der Waals surface area contributed by atoms with Crippen LogP contribution in [0.4, 0.5) is 5.13 Å². The number of hydrogen-bond acceptors (Lipinski definition) is 9. The van der Waals surface area contributed by atoms with E-state index in [0.717, 1.165) is 37.2 Å². The molecule has 0 amide bonds. The van der Waals surface area contributed by atoms with Gasteiger partial charge < -0.3 is 35.9 Å². The molecule has 1 saturated heterocycles. The fourth-order valence-corrected chi connectivity index (χ4v) is 3.74. The van der Waals surface area contributed by atoms with Gasteiger partial charge in [0, 0.05) is 38.1 Å². The summed E-state index contributed by atoms with van der Waals surface area (Å²) in [6, 6.07) is 10.2. The van der Waals surface area contributed by atoms with E-state index >= 15 is 0 Å². The third-order valence-corrected chi connectivity index (χ3v) is 5.68. The number of nitrogens with one attached hydrogen (secondary N) is 1. The monoisotopic (exact) mass is 589 g/mol.